The molecule has 3 rings (SSSR count). The highest BCUT2D eigenvalue weighted by Gasteiger charge is 2.40. The van der Waals surface area contributed by atoms with Gasteiger partial charge >= 0.3 is 0 Å². The minimum Gasteiger partial charge on any atom is -0.103 e. The molecule has 104 valence electrons. The van der Waals surface area contributed by atoms with Crippen LogP contribution in [0.3, 0.4) is 0 Å². The molecule has 0 amide bonds. The molecule has 0 aromatic heterocycles. The van der Waals surface area contributed by atoms with E-state index in [0.717, 1.165) is 29.6 Å². The molecule has 0 saturated heterocycles. The number of fused-ring (bicyclic) bond motifs is 1. The molecule has 0 aromatic carbocycles. The lowest BCUT2D eigenvalue weighted by molar-refractivity contribution is 0.346. The molecule has 4 atom stereocenters. The van der Waals surface area contributed by atoms with Crippen molar-refractivity contribution in [2.45, 2.75) is 51.4 Å². The summed E-state index contributed by atoms with van der Waals surface area (Å²) in [4.78, 5) is 0. The average molecular weight is 256 g/mol. The summed E-state index contributed by atoms with van der Waals surface area (Å²) in [6.45, 7) is 3.95. The van der Waals surface area contributed by atoms with Crippen molar-refractivity contribution < 1.29 is 0 Å². The van der Waals surface area contributed by atoms with Crippen LogP contribution in [-0.2, 0) is 0 Å². The Morgan fingerprint density at radius 2 is 1.63 bits per heavy atom. The van der Waals surface area contributed by atoms with E-state index in [1.807, 2.05) is 0 Å². The van der Waals surface area contributed by atoms with Crippen LogP contribution >= 0.6 is 0 Å². The zero-order valence-corrected chi connectivity index (χ0v) is 12.1. The molecule has 2 saturated carbocycles. The minimum atomic E-state index is 0.802. The van der Waals surface area contributed by atoms with Gasteiger partial charge in [0.05, 0.1) is 0 Å². The second kappa shape index (κ2) is 6.11. The van der Waals surface area contributed by atoms with Crippen molar-refractivity contribution in [3.05, 3.63) is 37.0 Å². The second-order valence-corrected chi connectivity index (χ2v) is 6.93. The van der Waals surface area contributed by atoms with E-state index in [1.165, 1.54) is 51.4 Å². The Morgan fingerprint density at radius 3 is 2.32 bits per heavy atom. The molecule has 0 heterocycles. The fraction of sp³-hybridized carbons (Fsp3) is 0.684. The third kappa shape index (κ3) is 2.88. The topological polar surface area (TPSA) is 0 Å². The molecule has 0 spiro atoms. The quantitative estimate of drug-likeness (QED) is 0.567. The van der Waals surface area contributed by atoms with E-state index in [4.69, 9.17) is 0 Å². The first-order valence-corrected chi connectivity index (χ1v) is 8.34. The predicted molar refractivity (Wildman–Crippen MR) is 82.9 cm³/mol. The van der Waals surface area contributed by atoms with Crippen molar-refractivity contribution >= 4 is 0 Å². The summed E-state index contributed by atoms with van der Waals surface area (Å²) < 4.78 is 0. The monoisotopic (exact) mass is 256 g/mol. The van der Waals surface area contributed by atoms with Crippen molar-refractivity contribution in [2.24, 2.45) is 29.6 Å². The number of allylic oxidation sites excluding steroid dienone is 5. The lowest BCUT2D eigenvalue weighted by Gasteiger charge is -2.24. The van der Waals surface area contributed by atoms with Gasteiger partial charge in [0.1, 0.15) is 0 Å². The van der Waals surface area contributed by atoms with Gasteiger partial charge in [0.15, 0.2) is 0 Å². The van der Waals surface area contributed by atoms with Gasteiger partial charge in [0.2, 0.25) is 0 Å². The number of rotatable bonds is 5. The molecule has 0 nitrogen and oxygen atoms in total. The maximum atomic E-state index is 3.95. The lowest BCUT2D eigenvalue weighted by Crippen LogP contribution is -2.16. The number of hydrogen-bond donors (Lipinski definition) is 0. The van der Waals surface area contributed by atoms with Gasteiger partial charge in [0, 0.05) is 0 Å². The van der Waals surface area contributed by atoms with E-state index >= 15 is 0 Å². The summed E-state index contributed by atoms with van der Waals surface area (Å²) in [6, 6.07) is 0. The summed E-state index contributed by atoms with van der Waals surface area (Å²) in [6.07, 6.45) is 23.2. The fourth-order valence-electron chi connectivity index (χ4n) is 4.81. The molecular weight excluding hydrogens is 228 g/mol. The Kier molecular flexibility index (Phi) is 4.25. The van der Waals surface area contributed by atoms with Crippen LogP contribution in [0.4, 0.5) is 0 Å². The van der Waals surface area contributed by atoms with E-state index in [2.05, 4.69) is 37.0 Å². The smallest absolute Gasteiger partial charge is 0.0133 e. The van der Waals surface area contributed by atoms with Crippen LogP contribution in [0.15, 0.2) is 37.0 Å². The molecule has 19 heavy (non-hydrogen) atoms. The number of hydrogen-bond acceptors (Lipinski definition) is 0. The first-order chi connectivity index (χ1) is 9.38. The van der Waals surface area contributed by atoms with E-state index in [1.54, 1.807) is 0 Å². The predicted octanol–water partition coefficient (Wildman–Crippen LogP) is 5.53. The third-order valence-corrected chi connectivity index (χ3v) is 5.81. The van der Waals surface area contributed by atoms with Gasteiger partial charge in [-0.1, -0.05) is 62.5 Å². The summed E-state index contributed by atoms with van der Waals surface area (Å²) in [5, 5.41) is 0. The first kappa shape index (κ1) is 13.2. The van der Waals surface area contributed by atoms with Crippen LogP contribution in [-0.4, -0.2) is 0 Å². The van der Waals surface area contributed by atoms with Gasteiger partial charge in [-0.3, -0.25) is 0 Å². The third-order valence-electron chi connectivity index (χ3n) is 5.81. The molecule has 0 radical (unpaired) electrons. The van der Waals surface area contributed by atoms with Gasteiger partial charge < -0.3 is 0 Å². The SMILES string of the molecule is C=CCC1CC(CCC2CCCC2)C2C=CC=CC12. The van der Waals surface area contributed by atoms with Gasteiger partial charge in [-0.25, -0.2) is 0 Å². The van der Waals surface area contributed by atoms with Crippen LogP contribution in [0, 0.1) is 29.6 Å². The van der Waals surface area contributed by atoms with E-state index < -0.39 is 0 Å². The minimum absolute atomic E-state index is 0.802. The van der Waals surface area contributed by atoms with Gasteiger partial charge in [-0.15, -0.1) is 6.58 Å². The van der Waals surface area contributed by atoms with Crippen LogP contribution < -0.4 is 0 Å². The van der Waals surface area contributed by atoms with E-state index in [0.29, 0.717) is 0 Å². The van der Waals surface area contributed by atoms with Gasteiger partial charge in [0.25, 0.3) is 0 Å². The molecule has 4 unspecified atom stereocenters. The molecule has 2 fully saturated rings. The highest BCUT2D eigenvalue weighted by molar-refractivity contribution is 5.19. The van der Waals surface area contributed by atoms with Crippen LogP contribution in [0.5, 0.6) is 0 Å². The van der Waals surface area contributed by atoms with Crippen molar-refractivity contribution in [3.8, 4) is 0 Å². The molecule has 0 heteroatoms. The largest absolute Gasteiger partial charge is 0.103 e. The maximum absolute atomic E-state index is 3.95. The molecule has 3 aliphatic carbocycles. The first-order valence-electron chi connectivity index (χ1n) is 8.34. The molecular formula is C19H28. The molecule has 0 aliphatic heterocycles. The Balaban J connectivity index is 1.59. The zero-order chi connectivity index (χ0) is 13.1. The fourth-order valence-corrected chi connectivity index (χ4v) is 4.81. The average Bonchev–Trinajstić information content (AvgIpc) is 3.06. The van der Waals surface area contributed by atoms with E-state index in [-0.39, 0.29) is 0 Å². The Bertz CT molecular complexity index is 356. The lowest BCUT2D eigenvalue weighted by atomic mass is 9.81. The maximum Gasteiger partial charge on any atom is -0.0133 e. The van der Waals surface area contributed by atoms with Crippen molar-refractivity contribution in [2.75, 3.05) is 0 Å². The highest BCUT2D eigenvalue weighted by atomic mass is 14.4. The molecule has 3 aliphatic rings. The molecule has 0 bridgehead atoms. The second-order valence-electron chi connectivity index (χ2n) is 6.93. The van der Waals surface area contributed by atoms with Crippen LogP contribution in [0.1, 0.15) is 51.4 Å². The van der Waals surface area contributed by atoms with Crippen molar-refractivity contribution in [3.63, 3.8) is 0 Å². The highest BCUT2D eigenvalue weighted by Crippen LogP contribution is 2.48. The van der Waals surface area contributed by atoms with E-state index in [9.17, 15) is 0 Å². The van der Waals surface area contributed by atoms with Gasteiger partial charge in [-0.05, 0) is 48.9 Å². The Morgan fingerprint density at radius 1 is 0.947 bits per heavy atom. The van der Waals surface area contributed by atoms with Gasteiger partial charge in [-0.2, -0.15) is 0 Å². The van der Waals surface area contributed by atoms with Crippen LogP contribution in [0.25, 0.3) is 0 Å². The molecule has 0 aromatic rings. The summed E-state index contributed by atoms with van der Waals surface area (Å²) in [5.41, 5.74) is 0. The normalized spacial score (nSPS) is 37.7. The molecule has 0 N–H and O–H groups in total. The van der Waals surface area contributed by atoms with Crippen LogP contribution in [0.2, 0.25) is 0 Å². The summed E-state index contributed by atoms with van der Waals surface area (Å²) in [7, 11) is 0. The summed E-state index contributed by atoms with van der Waals surface area (Å²) >= 11 is 0. The summed E-state index contributed by atoms with van der Waals surface area (Å²) in [5.74, 6) is 4.49. The van der Waals surface area contributed by atoms with Crippen molar-refractivity contribution in [1.82, 2.24) is 0 Å². The Labute approximate surface area is 118 Å². The standard InChI is InChI=1S/C19H28/c1-2-7-16-14-17(13-12-15-8-3-4-9-15)19-11-6-5-10-18(16)19/h2,5-6,10-11,15-19H,1,3-4,7-9,12-14H2. The Hall–Kier alpha value is -0.780. The van der Waals surface area contributed by atoms with Crippen molar-refractivity contribution in [1.29, 1.82) is 0 Å². The zero-order valence-electron chi connectivity index (χ0n) is 12.1.